The van der Waals surface area contributed by atoms with Crippen LogP contribution in [0.25, 0.3) is 11.1 Å². The fourth-order valence-corrected chi connectivity index (χ4v) is 1.96. The lowest BCUT2D eigenvalue weighted by atomic mass is 10.2. The van der Waals surface area contributed by atoms with Crippen LogP contribution in [0, 0.1) is 0 Å². The highest BCUT2D eigenvalue weighted by atomic mass is 16.4. The maximum atomic E-state index is 11.1. The molecule has 0 saturated heterocycles. The molecular weight excluding hydrogens is 242 g/mol. The topological polar surface area (TPSA) is 84.0 Å². The lowest BCUT2D eigenvalue weighted by Gasteiger charge is -2.09. The van der Waals surface area contributed by atoms with Gasteiger partial charge in [0.05, 0.1) is 16.9 Å². The zero-order valence-corrected chi connectivity index (χ0v) is 10.1. The molecular formula is C14H13N3O2. The summed E-state index contributed by atoms with van der Waals surface area (Å²) in [5.74, 6) is -0.477. The Morgan fingerprint density at radius 2 is 2.00 bits per heavy atom. The molecule has 3 rings (SSSR count). The molecule has 96 valence electrons. The second kappa shape index (κ2) is 4.53. The van der Waals surface area contributed by atoms with Crippen LogP contribution in [0.15, 0.2) is 51.7 Å². The first kappa shape index (κ1) is 11.4. The van der Waals surface area contributed by atoms with Crippen molar-refractivity contribution in [3.05, 3.63) is 58.6 Å². The summed E-state index contributed by atoms with van der Waals surface area (Å²) >= 11 is 0. The van der Waals surface area contributed by atoms with Gasteiger partial charge in [-0.05, 0) is 11.6 Å². The minimum atomic E-state index is -0.477. The van der Waals surface area contributed by atoms with E-state index in [0.717, 1.165) is 11.3 Å². The molecule has 4 N–H and O–H groups in total. The second-order valence-corrected chi connectivity index (χ2v) is 4.29. The van der Waals surface area contributed by atoms with Gasteiger partial charge >= 0.3 is 5.76 Å². The van der Waals surface area contributed by atoms with E-state index in [9.17, 15) is 4.79 Å². The summed E-state index contributed by atoms with van der Waals surface area (Å²) < 4.78 is 4.95. The summed E-state index contributed by atoms with van der Waals surface area (Å²) in [5.41, 5.74) is 9.50. The van der Waals surface area contributed by atoms with E-state index in [1.807, 2.05) is 30.3 Å². The minimum absolute atomic E-state index is 0.466. The smallest absolute Gasteiger partial charge is 0.408 e. The van der Waals surface area contributed by atoms with Crippen molar-refractivity contribution in [2.75, 3.05) is 11.1 Å². The van der Waals surface area contributed by atoms with Gasteiger partial charge in [0.15, 0.2) is 5.58 Å². The molecule has 5 heteroatoms. The van der Waals surface area contributed by atoms with Gasteiger partial charge in [0.1, 0.15) is 0 Å². The highest BCUT2D eigenvalue weighted by molar-refractivity contribution is 5.85. The average molecular weight is 255 g/mol. The summed E-state index contributed by atoms with van der Waals surface area (Å²) in [6.45, 7) is 0.665. The van der Waals surface area contributed by atoms with Crippen molar-refractivity contribution in [3.8, 4) is 0 Å². The molecule has 1 heterocycles. The third kappa shape index (κ3) is 2.30. The van der Waals surface area contributed by atoms with Crippen LogP contribution in [-0.4, -0.2) is 4.98 Å². The Hall–Kier alpha value is -2.69. The number of fused-ring (bicyclic) bond motifs is 1. The number of aromatic nitrogens is 1. The predicted octanol–water partition coefficient (Wildman–Crippen LogP) is 2.32. The van der Waals surface area contributed by atoms with Crippen LogP contribution in [0.3, 0.4) is 0 Å². The molecule has 0 saturated carbocycles. The van der Waals surface area contributed by atoms with E-state index < -0.39 is 5.76 Å². The predicted molar refractivity (Wildman–Crippen MR) is 75.0 cm³/mol. The lowest BCUT2D eigenvalue weighted by molar-refractivity contribution is 0.555. The van der Waals surface area contributed by atoms with Crippen LogP contribution in [-0.2, 0) is 6.54 Å². The van der Waals surface area contributed by atoms with Crippen molar-refractivity contribution in [1.29, 1.82) is 0 Å². The van der Waals surface area contributed by atoms with Gasteiger partial charge in [-0.2, -0.15) is 0 Å². The first-order valence-corrected chi connectivity index (χ1v) is 5.92. The first-order valence-electron chi connectivity index (χ1n) is 5.92. The molecule has 19 heavy (non-hydrogen) atoms. The monoisotopic (exact) mass is 255 g/mol. The number of oxazole rings is 1. The van der Waals surface area contributed by atoms with Crippen LogP contribution < -0.4 is 16.8 Å². The van der Waals surface area contributed by atoms with E-state index in [-0.39, 0.29) is 0 Å². The number of nitrogens with one attached hydrogen (secondary N) is 2. The van der Waals surface area contributed by atoms with E-state index >= 15 is 0 Å². The SMILES string of the molecule is Nc1cc2oc(=O)[nH]c2cc1NCc1ccccc1. The van der Waals surface area contributed by atoms with E-state index in [1.165, 1.54) is 0 Å². The number of hydrogen-bond acceptors (Lipinski definition) is 4. The molecule has 0 aliphatic heterocycles. The molecule has 0 aliphatic carbocycles. The van der Waals surface area contributed by atoms with Crippen LogP contribution in [0.1, 0.15) is 5.56 Å². The number of anilines is 2. The quantitative estimate of drug-likeness (QED) is 0.627. The number of H-pyrrole nitrogens is 1. The van der Waals surface area contributed by atoms with Crippen molar-refractivity contribution < 1.29 is 4.42 Å². The van der Waals surface area contributed by atoms with Gasteiger partial charge in [-0.1, -0.05) is 30.3 Å². The van der Waals surface area contributed by atoms with E-state index in [1.54, 1.807) is 12.1 Å². The second-order valence-electron chi connectivity index (χ2n) is 4.29. The fraction of sp³-hybridized carbons (Fsp3) is 0.0714. The number of rotatable bonds is 3. The first-order chi connectivity index (χ1) is 9.22. The maximum absolute atomic E-state index is 11.1. The van der Waals surface area contributed by atoms with Gasteiger partial charge in [0.25, 0.3) is 0 Å². The zero-order valence-electron chi connectivity index (χ0n) is 10.1. The van der Waals surface area contributed by atoms with Crippen LogP contribution in [0.4, 0.5) is 11.4 Å². The van der Waals surface area contributed by atoms with Crippen LogP contribution in [0.2, 0.25) is 0 Å². The summed E-state index contributed by atoms with van der Waals surface area (Å²) in [4.78, 5) is 13.7. The van der Waals surface area contributed by atoms with Crippen molar-refractivity contribution in [2.45, 2.75) is 6.54 Å². The molecule has 5 nitrogen and oxygen atoms in total. The third-order valence-corrected chi connectivity index (χ3v) is 2.92. The molecule has 2 aromatic carbocycles. The summed E-state index contributed by atoms with van der Waals surface area (Å²) in [7, 11) is 0. The molecule has 0 unspecified atom stereocenters. The molecule has 0 bridgehead atoms. The Bertz CT molecular complexity index is 759. The Morgan fingerprint density at radius 1 is 1.21 bits per heavy atom. The normalized spacial score (nSPS) is 10.7. The van der Waals surface area contributed by atoms with Crippen LogP contribution >= 0.6 is 0 Å². The van der Waals surface area contributed by atoms with E-state index in [2.05, 4.69) is 10.3 Å². The van der Waals surface area contributed by atoms with Crippen molar-refractivity contribution in [1.82, 2.24) is 4.98 Å². The largest absolute Gasteiger partial charge is 0.417 e. The van der Waals surface area contributed by atoms with Crippen molar-refractivity contribution in [3.63, 3.8) is 0 Å². The van der Waals surface area contributed by atoms with Gasteiger partial charge in [-0.15, -0.1) is 0 Å². The van der Waals surface area contributed by atoms with E-state index in [4.69, 9.17) is 10.2 Å². The van der Waals surface area contributed by atoms with Crippen LogP contribution in [0.5, 0.6) is 0 Å². The van der Waals surface area contributed by atoms with Gasteiger partial charge in [-0.25, -0.2) is 4.79 Å². The molecule has 0 radical (unpaired) electrons. The van der Waals surface area contributed by atoms with Crippen molar-refractivity contribution in [2.24, 2.45) is 0 Å². The maximum Gasteiger partial charge on any atom is 0.417 e. The Balaban J connectivity index is 1.88. The lowest BCUT2D eigenvalue weighted by Crippen LogP contribution is -2.02. The third-order valence-electron chi connectivity index (χ3n) is 2.92. The molecule has 0 fully saturated rings. The molecule has 0 amide bonds. The number of nitrogens with two attached hydrogens (primary N) is 1. The molecule has 0 atom stereocenters. The number of nitrogen functional groups attached to an aromatic ring is 1. The Labute approximate surface area is 109 Å². The van der Waals surface area contributed by atoms with Gasteiger partial charge in [-0.3, -0.25) is 4.98 Å². The average Bonchev–Trinajstić information content (AvgIpc) is 2.76. The molecule has 3 aromatic rings. The zero-order chi connectivity index (χ0) is 13.2. The Kier molecular flexibility index (Phi) is 2.72. The van der Waals surface area contributed by atoms with E-state index in [0.29, 0.717) is 23.3 Å². The van der Waals surface area contributed by atoms with Crippen molar-refractivity contribution >= 4 is 22.5 Å². The highest BCUT2D eigenvalue weighted by Gasteiger charge is 2.06. The van der Waals surface area contributed by atoms with Gasteiger partial charge in [0, 0.05) is 12.6 Å². The van der Waals surface area contributed by atoms with Gasteiger partial charge in [0.2, 0.25) is 0 Å². The van der Waals surface area contributed by atoms with Gasteiger partial charge < -0.3 is 15.5 Å². The summed E-state index contributed by atoms with van der Waals surface area (Å²) in [6.07, 6.45) is 0. The molecule has 1 aromatic heterocycles. The summed E-state index contributed by atoms with van der Waals surface area (Å²) in [6, 6.07) is 13.4. The summed E-state index contributed by atoms with van der Waals surface area (Å²) in [5, 5.41) is 3.24. The number of benzene rings is 2. The number of aromatic amines is 1. The fourth-order valence-electron chi connectivity index (χ4n) is 1.96. The standard InChI is InChI=1S/C14H13N3O2/c15-10-6-13-12(17-14(18)19-13)7-11(10)16-8-9-4-2-1-3-5-9/h1-7,16H,8,15H2,(H,17,18). The molecule has 0 spiro atoms. The Morgan fingerprint density at radius 3 is 2.79 bits per heavy atom. The highest BCUT2D eigenvalue weighted by Crippen LogP contribution is 2.24. The minimum Gasteiger partial charge on any atom is -0.408 e. The molecule has 0 aliphatic rings. The number of hydrogen-bond donors (Lipinski definition) is 3.